The number of hydrogen-bond donors (Lipinski definition) is 1. The van der Waals surface area contributed by atoms with Crippen molar-refractivity contribution in [2.45, 2.75) is 65.0 Å². The van der Waals surface area contributed by atoms with E-state index in [2.05, 4.69) is 12.2 Å². The maximum absolute atomic E-state index is 13.2. The summed E-state index contributed by atoms with van der Waals surface area (Å²) < 4.78 is 13.2. The van der Waals surface area contributed by atoms with E-state index in [-0.39, 0.29) is 5.82 Å². The lowest BCUT2D eigenvalue weighted by Crippen LogP contribution is -2.32. The van der Waals surface area contributed by atoms with E-state index in [0.717, 1.165) is 18.0 Å². The van der Waals surface area contributed by atoms with Gasteiger partial charge in [-0.1, -0.05) is 31.9 Å². The van der Waals surface area contributed by atoms with Crippen molar-refractivity contribution in [3.8, 4) is 0 Å². The predicted octanol–water partition coefficient (Wildman–Crippen LogP) is 4.58. The largest absolute Gasteiger partial charge is 0.310 e. The van der Waals surface area contributed by atoms with Crippen LogP contribution >= 0.6 is 0 Å². The fraction of sp³-hybridized carbons (Fsp3) is 0.647. The summed E-state index contributed by atoms with van der Waals surface area (Å²) in [5.74, 6) is 0.847. The Balaban J connectivity index is 1.75. The molecule has 106 valence electrons. The summed E-state index contributed by atoms with van der Waals surface area (Å²) in [6.07, 6.45) is 8.04. The van der Waals surface area contributed by atoms with Gasteiger partial charge in [-0.15, -0.1) is 0 Å². The van der Waals surface area contributed by atoms with Gasteiger partial charge in [-0.2, -0.15) is 0 Å². The molecule has 1 N–H and O–H groups in total. The molecule has 0 unspecified atom stereocenters. The van der Waals surface area contributed by atoms with E-state index >= 15 is 0 Å². The lowest BCUT2D eigenvalue weighted by molar-refractivity contribution is 0.277. The number of rotatable bonds is 5. The van der Waals surface area contributed by atoms with Crippen molar-refractivity contribution < 1.29 is 4.39 Å². The third-order valence-electron chi connectivity index (χ3n) is 4.36. The highest BCUT2D eigenvalue weighted by Crippen LogP contribution is 2.27. The summed E-state index contributed by atoms with van der Waals surface area (Å²) in [7, 11) is 0. The van der Waals surface area contributed by atoms with Crippen molar-refractivity contribution in [2.24, 2.45) is 5.92 Å². The predicted molar refractivity (Wildman–Crippen MR) is 78.6 cm³/mol. The zero-order valence-corrected chi connectivity index (χ0v) is 12.2. The van der Waals surface area contributed by atoms with Crippen LogP contribution in [0.4, 0.5) is 4.39 Å². The molecule has 2 rings (SSSR count). The lowest BCUT2D eigenvalue weighted by Gasteiger charge is -2.29. The Morgan fingerprint density at radius 3 is 2.58 bits per heavy atom. The smallest absolute Gasteiger partial charge is 0.126 e. The van der Waals surface area contributed by atoms with Gasteiger partial charge in [-0.25, -0.2) is 4.39 Å². The summed E-state index contributed by atoms with van der Waals surface area (Å²) in [6.45, 7) is 4.97. The molecule has 19 heavy (non-hydrogen) atoms. The van der Waals surface area contributed by atoms with E-state index < -0.39 is 0 Å². The molecule has 0 bridgehead atoms. The van der Waals surface area contributed by atoms with Crippen molar-refractivity contribution in [2.75, 3.05) is 0 Å². The number of nitrogens with one attached hydrogen (secondary N) is 1. The molecule has 0 atom stereocenters. The molecule has 1 nitrogen and oxygen atoms in total. The lowest BCUT2D eigenvalue weighted by atomic mass is 9.83. The Kier molecular flexibility index (Phi) is 5.38. The highest BCUT2D eigenvalue weighted by Gasteiger charge is 2.19. The summed E-state index contributed by atoms with van der Waals surface area (Å²) in [4.78, 5) is 0. The van der Waals surface area contributed by atoms with Crippen molar-refractivity contribution in [1.82, 2.24) is 5.32 Å². The van der Waals surface area contributed by atoms with E-state index in [1.54, 1.807) is 6.07 Å². The van der Waals surface area contributed by atoms with Gasteiger partial charge in [0.1, 0.15) is 5.82 Å². The third-order valence-corrected chi connectivity index (χ3v) is 4.36. The molecule has 1 fully saturated rings. The molecule has 1 aromatic carbocycles. The van der Waals surface area contributed by atoms with Crippen LogP contribution in [0.1, 0.15) is 56.6 Å². The first-order valence-corrected chi connectivity index (χ1v) is 7.67. The molecule has 0 aromatic heterocycles. The molecule has 1 aliphatic carbocycles. The van der Waals surface area contributed by atoms with Crippen LogP contribution in [0.25, 0.3) is 0 Å². The topological polar surface area (TPSA) is 12.0 Å². The average molecular weight is 263 g/mol. The van der Waals surface area contributed by atoms with Crippen LogP contribution < -0.4 is 5.32 Å². The number of aryl methyl sites for hydroxylation is 1. The highest BCUT2D eigenvalue weighted by molar-refractivity contribution is 5.23. The van der Waals surface area contributed by atoms with E-state index in [0.29, 0.717) is 6.04 Å². The molecule has 0 saturated heterocycles. The SMILES string of the molecule is CCCC1CCC(NCc2ccc(F)c(C)c2)CC1. The van der Waals surface area contributed by atoms with Gasteiger partial charge in [-0.3, -0.25) is 0 Å². The minimum atomic E-state index is -0.108. The minimum Gasteiger partial charge on any atom is -0.310 e. The van der Waals surface area contributed by atoms with Gasteiger partial charge in [-0.05, 0) is 55.7 Å². The van der Waals surface area contributed by atoms with Crippen LogP contribution in [-0.4, -0.2) is 6.04 Å². The van der Waals surface area contributed by atoms with Crippen molar-refractivity contribution >= 4 is 0 Å². The summed E-state index contributed by atoms with van der Waals surface area (Å²) in [5, 5.41) is 3.62. The fourth-order valence-corrected chi connectivity index (χ4v) is 3.14. The van der Waals surface area contributed by atoms with Crippen LogP contribution in [0.2, 0.25) is 0 Å². The Morgan fingerprint density at radius 1 is 1.21 bits per heavy atom. The molecule has 1 aromatic rings. The van der Waals surface area contributed by atoms with Crippen LogP contribution in [0.3, 0.4) is 0 Å². The van der Waals surface area contributed by atoms with Gasteiger partial charge in [0.05, 0.1) is 0 Å². The van der Waals surface area contributed by atoms with Gasteiger partial charge in [0.2, 0.25) is 0 Å². The second kappa shape index (κ2) is 7.04. The first kappa shape index (κ1) is 14.5. The van der Waals surface area contributed by atoms with E-state index in [1.165, 1.54) is 44.1 Å². The summed E-state index contributed by atoms with van der Waals surface area (Å²) >= 11 is 0. The van der Waals surface area contributed by atoms with Crippen molar-refractivity contribution in [1.29, 1.82) is 0 Å². The van der Waals surface area contributed by atoms with Crippen LogP contribution in [-0.2, 0) is 6.54 Å². The fourth-order valence-electron chi connectivity index (χ4n) is 3.14. The average Bonchev–Trinajstić information content (AvgIpc) is 2.42. The Labute approximate surface area is 116 Å². The van der Waals surface area contributed by atoms with Crippen molar-refractivity contribution in [3.05, 3.63) is 35.1 Å². The molecule has 0 heterocycles. The summed E-state index contributed by atoms with van der Waals surface area (Å²) in [5.41, 5.74) is 1.93. The Morgan fingerprint density at radius 2 is 1.95 bits per heavy atom. The van der Waals surface area contributed by atoms with E-state index in [1.807, 2.05) is 19.1 Å². The second-order valence-corrected chi connectivity index (χ2v) is 5.97. The standard InChI is InChI=1S/C17H26FN/c1-3-4-14-5-8-16(9-6-14)19-12-15-7-10-17(18)13(2)11-15/h7,10-11,14,16,19H,3-6,8-9,12H2,1-2H3. The zero-order chi connectivity index (χ0) is 13.7. The van der Waals surface area contributed by atoms with Crippen LogP contribution in [0.5, 0.6) is 0 Å². The number of halogens is 1. The first-order valence-electron chi connectivity index (χ1n) is 7.67. The zero-order valence-electron chi connectivity index (χ0n) is 12.2. The van der Waals surface area contributed by atoms with Crippen molar-refractivity contribution in [3.63, 3.8) is 0 Å². The molecule has 0 aliphatic heterocycles. The molecular weight excluding hydrogens is 237 g/mol. The minimum absolute atomic E-state index is 0.108. The first-order chi connectivity index (χ1) is 9.19. The Hall–Kier alpha value is -0.890. The van der Waals surface area contributed by atoms with Gasteiger partial charge in [0.25, 0.3) is 0 Å². The molecule has 0 amide bonds. The van der Waals surface area contributed by atoms with E-state index in [4.69, 9.17) is 0 Å². The van der Waals surface area contributed by atoms with Gasteiger partial charge in [0, 0.05) is 12.6 Å². The number of benzene rings is 1. The van der Waals surface area contributed by atoms with Gasteiger partial charge in [0.15, 0.2) is 0 Å². The van der Waals surface area contributed by atoms with E-state index in [9.17, 15) is 4.39 Å². The molecule has 0 spiro atoms. The van der Waals surface area contributed by atoms with Gasteiger partial charge >= 0.3 is 0 Å². The maximum Gasteiger partial charge on any atom is 0.126 e. The quantitative estimate of drug-likeness (QED) is 0.819. The van der Waals surface area contributed by atoms with Crippen LogP contribution in [0, 0.1) is 18.7 Å². The summed E-state index contributed by atoms with van der Waals surface area (Å²) in [6, 6.07) is 6.06. The normalized spacial score (nSPS) is 23.5. The monoisotopic (exact) mass is 263 g/mol. The molecular formula is C17H26FN. The van der Waals surface area contributed by atoms with Gasteiger partial charge < -0.3 is 5.32 Å². The number of hydrogen-bond acceptors (Lipinski definition) is 1. The second-order valence-electron chi connectivity index (χ2n) is 5.97. The Bertz CT molecular complexity index is 394. The maximum atomic E-state index is 13.2. The molecule has 1 aliphatic rings. The highest BCUT2D eigenvalue weighted by atomic mass is 19.1. The third kappa shape index (κ3) is 4.31. The molecule has 2 heteroatoms. The van der Waals surface area contributed by atoms with Crippen LogP contribution in [0.15, 0.2) is 18.2 Å². The molecule has 1 saturated carbocycles. The molecule has 0 radical (unpaired) electrons.